The number of rotatable bonds is 14. The molecule has 0 aliphatic heterocycles. The molecule has 0 aromatic rings. The highest BCUT2D eigenvalue weighted by atomic mass is 31.2. The molecule has 1 amide bonds. The van der Waals surface area contributed by atoms with Crippen molar-refractivity contribution in [2.45, 2.75) is 58.5 Å². The summed E-state index contributed by atoms with van der Waals surface area (Å²) in [5.41, 5.74) is 0. The number of nitrogens with one attached hydrogen (secondary N) is 1. The molecule has 7 nitrogen and oxygen atoms in total. The van der Waals surface area contributed by atoms with Gasteiger partial charge in [0, 0.05) is 26.5 Å². The molecule has 0 bridgehead atoms. The third-order valence-corrected chi connectivity index (χ3v) is 4.32. The van der Waals surface area contributed by atoms with Crippen LogP contribution in [0.3, 0.4) is 0 Å². The molecule has 0 fully saturated rings. The Morgan fingerprint density at radius 2 is 1.91 bits per heavy atom. The molecule has 0 aromatic carbocycles. The Hall–Kier alpha value is -0.750. The van der Waals surface area contributed by atoms with Gasteiger partial charge >= 0.3 is 7.82 Å². The van der Waals surface area contributed by atoms with Crippen molar-refractivity contribution in [2.75, 3.05) is 20.3 Å². The third kappa shape index (κ3) is 11.9. The van der Waals surface area contributed by atoms with Gasteiger partial charge < -0.3 is 10.1 Å². The van der Waals surface area contributed by atoms with Gasteiger partial charge in [0.2, 0.25) is 5.91 Å². The molecule has 130 valence electrons. The predicted molar refractivity (Wildman–Crippen MR) is 83.6 cm³/mol. The van der Waals surface area contributed by atoms with Crippen LogP contribution in [0.25, 0.3) is 0 Å². The van der Waals surface area contributed by atoms with Crippen LogP contribution in [0, 0.1) is 0 Å². The van der Waals surface area contributed by atoms with E-state index in [2.05, 4.69) is 5.32 Å². The lowest BCUT2D eigenvalue weighted by Gasteiger charge is -2.17. The highest BCUT2D eigenvalue weighted by Gasteiger charge is 2.25. The SMILES string of the molecule is COP(=O)(OCCCCCCNC(=O)CCC=O)OC(C)C. The minimum atomic E-state index is -3.43. The van der Waals surface area contributed by atoms with Crippen LogP contribution < -0.4 is 5.32 Å². The summed E-state index contributed by atoms with van der Waals surface area (Å²) in [4.78, 5) is 21.3. The summed E-state index contributed by atoms with van der Waals surface area (Å²) < 4.78 is 27.1. The summed E-state index contributed by atoms with van der Waals surface area (Å²) >= 11 is 0. The van der Waals surface area contributed by atoms with Crippen molar-refractivity contribution in [3.05, 3.63) is 0 Å². The quantitative estimate of drug-likeness (QED) is 0.298. The van der Waals surface area contributed by atoms with E-state index in [1.165, 1.54) is 7.11 Å². The van der Waals surface area contributed by atoms with E-state index in [-0.39, 0.29) is 24.9 Å². The van der Waals surface area contributed by atoms with Crippen LogP contribution in [0.2, 0.25) is 0 Å². The third-order valence-electron chi connectivity index (χ3n) is 2.70. The lowest BCUT2D eigenvalue weighted by Crippen LogP contribution is -2.24. The largest absolute Gasteiger partial charge is 0.474 e. The van der Waals surface area contributed by atoms with Crippen molar-refractivity contribution in [3.63, 3.8) is 0 Å². The lowest BCUT2D eigenvalue weighted by molar-refractivity contribution is -0.122. The highest BCUT2D eigenvalue weighted by molar-refractivity contribution is 7.48. The van der Waals surface area contributed by atoms with E-state index in [0.29, 0.717) is 13.2 Å². The van der Waals surface area contributed by atoms with Gasteiger partial charge in [-0.2, -0.15) is 0 Å². The zero-order chi connectivity index (χ0) is 16.8. The molecular weight excluding hydrogens is 309 g/mol. The second-order valence-electron chi connectivity index (χ2n) is 5.09. The van der Waals surface area contributed by atoms with Crippen molar-refractivity contribution in [3.8, 4) is 0 Å². The maximum absolute atomic E-state index is 11.9. The first-order chi connectivity index (χ1) is 10.4. The number of phosphoric acid groups is 1. The number of phosphoric ester groups is 1. The highest BCUT2D eigenvalue weighted by Crippen LogP contribution is 2.49. The molecule has 1 unspecified atom stereocenters. The molecule has 0 saturated heterocycles. The summed E-state index contributed by atoms with van der Waals surface area (Å²) in [6, 6.07) is 0. The fourth-order valence-electron chi connectivity index (χ4n) is 1.65. The van der Waals surface area contributed by atoms with Crippen LogP contribution in [0.1, 0.15) is 52.4 Å². The molecule has 0 heterocycles. The molecule has 0 radical (unpaired) electrons. The Kier molecular flexibility index (Phi) is 12.3. The topological polar surface area (TPSA) is 90.9 Å². The van der Waals surface area contributed by atoms with Gasteiger partial charge in [0.05, 0.1) is 12.7 Å². The minimum Gasteiger partial charge on any atom is -0.356 e. The molecule has 22 heavy (non-hydrogen) atoms. The Labute approximate surface area is 132 Å². The van der Waals surface area contributed by atoms with E-state index in [1.54, 1.807) is 13.8 Å². The molecule has 8 heteroatoms. The summed E-state index contributed by atoms with van der Waals surface area (Å²) in [5.74, 6) is -0.0951. The second kappa shape index (κ2) is 12.8. The van der Waals surface area contributed by atoms with Gasteiger partial charge in [-0.1, -0.05) is 12.8 Å². The van der Waals surface area contributed by atoms with Crippen LogP contribution >= 0.6 is 7.82 Å². The van der Waals surface area contributed by atoms with Crippen molar-refractivity contribution >= 4 is 20.0 Å². The number of unbranched alkanes of at least 4 members (excludes halogenated alkanes) is 3. The maximum atomic E-state index is 11.9. The van der Waals surface area contributed by atoms with Crippen LogP contribution in [0.5, 0.6) is 0 Å². The molecule has 0 aliphatic rings. The van der Waals surface area contributed by atoms with Crippen LogP contribution in [-0.4, -0.2) is 38.6 Å². The van der Waals surface area contributed by atoms with E-state index in [9.17, 15) is 14.2 Å². The fraction of sp³-hybridized carbons (Fsp3) is 0.857. The van der Waals surface area contributed by atoms with Gasteiger partial charge in [0.15, 0.2) is 0 Å². The Balaban J connectivity index is 3.55. The average molecular weight is 337 g/mol. The summed E-state index contributed by atoms with van der Waals surface area (Å²) in [5, 5.41) is 2.75. The number of aldehydes is 1. The van der Waals surface area contributed by atoms with Gasteiger partial charge in [0.25, 0.3) is 0 Å². The molecule has 1 atom stereocenters. The molecule has 1 N–H and O–H groups in total. The molecule has 0 spiro atoms. The standard InChI is InChI=1S/C14H28NO6P/c1-13(2)21-22(18,19-3)20-12-7-5-4-6-10-15-14(17)9-8-11-16/h11,13H,4-10,12H2,1-3H3,(H,15,17). The van der Waals surface area contributed by atoms with Crippen molar-refractivity contribution in [2.24, 2.45) is 0 Å². The predicted octanol–water partition coefficient (Wildman–Crippen LogP) is 2.84. The van der Waals surface area contributed by atoms with Gasteiger partial charge in [0.1, 0.15) is 6.29 Å². The lowest BCUT2D eigenvalue weighted by atomic mass is 10.2. The molecule has 0 aromatic heterocycles. The number of carbonyl (C=O) groups is 2. The van der Waals surface area contributed by atoms with Gasteiger partial charge in [-0.05, 0) is 26.7 Å². The number of hydrogen-bond acceptors (Lipinski definition) is 6. The normalized spacial score (nSPS) is 13.8. The minimum absolute atomic E-state index is 0.0951. The number of carbonyl (C=O) groups excluding carboxylic acids is 2. The Morgan fingerprint density at radius 1 is 1.23 bits per heavy atom. The summed E-state index contributed by atoms with van der Waals surface area (Å²) in [7, 11) is -2.13. The van der Waals surface area contributed by atoms with Gasteiger partial charge in [-0.15, -0.1) is 0 Å². The fourth-order valence-corrected chi connectivity index (χ4v) is 2.77. The molecule has 0 rings (SSSR count). The van der Waals surface area contributed by atoms with E-state index in [4.69, 9.17) is 13.6 Å². The first-order valence-corrected chi connectivity index (χ1v) is 9.08. The number of hydrogen-bond donors (Lipinski definition) is 1. The van der Waals surface area contributed by atoms with Gasteiger partial charge in [-0.3, -0.25) is 18.4 Å². The zero-order valence-corrected chi connectivity index (χ0v) is 14.6. The van der Waals surface area contributed by atoms with Crippen LogP contribution in [-0.2, 0) is 27.7 Å². The molecule has 0 aliphatic carbocycles. The van der Waals surface area contributed by atoms with Gasteiger partial charge in [-0.25, -0.2) is 4.57 Å². The maximum Gasteiger partial charge on any atom is 0.474 e. The average Bonchev–Trinajstić information content (AvgIpc) is 2.47. The first kappa shape index (κ1) is 21.2. The zero-order valence-electron chi connectivity index (χ0n) is 13.7. The summed E-state index contributed by atoms with van der Waals surface area (Å²) in [6.45, 7) is 4.44. The second-order valence-corrected chi connectivity index (χ2v) is 6.82. The summed E-state index contributed by atoms with van der Waals surface area (Å²) in [6.07, 6.45) is 4.45. The van der Waals surface area contributed by atoms with E-state index in [1.807, 2.05) is 0 Å². The Morgan fingerprint density at radius 3 is 2.50 bits per heavy atom. The molecule has 0 saturated carbocycles. The van der Waals surface area contributed by atoms with Crippen LogP contribution in [0.15, 0.2) is 0 Å². The van der Waals surface area contributed by atoms with E-state index >= 15 is 0 Å². The van der Waals surface area contributed by atoms with Crippen LogP contribution in [0.4, 0.5) is 0 Å². The van der Waals surface area contributed by atoms with Crippen molar-refractivity contribution in [1.82, 2.24) is 5.32 Å². The first-order valence-electron chi connectivity index (χ1n) is 7.62. The van der Waals surface area contributed by atoms with E-state index < -0.39 is 7.82 Å². The number of amides is 1. The van der Waals surface area contributed by atoms with Crippen molar-refractivity contribution in [1.29, 1.82) is 0 Å². The monoisotopic (exact) mass is 337 g/mol. The van der Waals surface area contributed by atoms with E-state index in [0.717, 1.165) is 32.0 Å². The smallest absolute Gasteiger partial charge is 0.356 e. The van der Waals surface area contributed by atoms with Crippen molar-refractivity contribution < 1.29 is 27.7 Å². The molecular formula is C14H28NO6P. The Bertz CT molecular complexity index is 361.